The highest BCUT2D eigenvalue weighted by Gasteiger charge is 2.22. The minimum atomic E-state index is -3.67. The van der Waals surface area contributed by atoms with Gasteiger partial charge in [-0.3, -0.25) is 9.10 Å². The molecule has 2 aromatic rings. The molecule has 0 radical (unpaired) electrons. The Morgan fingerprint density at radius 1 is 1.14 bits per heavy atom. The van der Waals surface area contributed by atoms with E-state index in [2.05, 4.69) is 5.32 Å². The third-order valence-electron chi connectivity index (χ3n) is 4.03. The average Bonchev–Trinajstić information content (AvgIpc) is 2.64. The molecule has 0 saturated heterocycles. The maximum absolute atomic E-state index is 13.0. The molecule has 1 N–H and O–H groups in total. The van der Waals surface area contributed by atoms with Crippen molar-refractivity contribution < 1.29 is 22.3 Å². The summed E-state index contributed by atoms with van der Waals surface area (Å²) in [5.41, 5.74) is 1.09. The van der Waals surface area contributed by atoms with E-state index >= 15 is 0 Å². The fraction of sp³-hybridized carbons (Fsp3) is 0.350. The molecule has 0 aromatic heterocycles. The van der Waals surface area contributed by atoms with E-state index in [0.717, 1.165) is 22.5 Å². The number of benzene rings is 2. The van der Waals surface area contributed by atoms with Crippen LogP contribution in [0.1, 0.15) is 31.9 Å². The molecule has 152 valence electrons. The number of sulfonamides is 1. The molecular formula is C20H25FN2O4S. The van der Waals surface area contributed by atoms with Crippen molar-refractivity contribution in [3.8, 4) is 5.75 Å². The summed E-state index contributed by atoms with van der Waals surface area (Å²) in [7, 11) is -3.67. The average molecular weight is 408 g/mol. The molecule has 0 aliphatic heterocycles. The van der Waals surface area contributed by atoms with Gasteiger partial charge in [0.1, 0.15) is 18.1 Å². The largest absolute Gasteiger partial charge is 0.494 e. The summed E-state index contributed by atoms with van der Waals surface area (Å²) in [4.78, 5) is 12.4. The second-order valence-electron chi connectivity index (χ2n) is 6.45. The molecule has 0 heterocycles. The van der Waals surface area contributed by atoms with E-state index in [1.165, 1.54) is 12.1 Å². The van der Waals surface area contributed by atoms with Crippen molar-refractivity contribution in [3.63, 3.8) is 0 Å². The van der Waals surface area contributed by atoms with Gasteiger partial charge in [-0.25, -0.2) is 12.8 Å². The molecule has 0 aliphatic carbocycles. The van der Waals surface area contributed by atoms with Crippen LogP contribution in [0.3, 0.4) is 0 Å². The number of ether oxygens (including phenoxy) is 1. The van der Waals surface area contributed by atoms with E-state index in [9.17, 15) is 17.6 Å². The fourth-order valence-corrected chi connectivity index (χ4v) is 3.44. The van der Waals surface area contributed by atoms with Gasteiger partial charge in [-0.05, 0) is 55.3 Å². The molecule has 8 heteroatoms. The van der Waals surface area contributed by atoms with Crippen molar-refractivity contribution >= 4 is 21.6 Å². The standard InChI is InChI=1S/C20H25FN2O4S/c1-4-13-27-19-11-9-18(10-12-19)23(28(3,25)26)14-20(24)22-15(2)16-5-7-17(21)8-6-16/h5-12,15H,4,13-14H2,1-3H3,(H,22,24). The van der Waals surface area contributed by atoms with Crippen LogP contribution < -0.4 is 14.4 Å². The van der Waals surface area contributed by atoms with E-state index in [-0.39, 0.29) is 18.4 Å². The summed E-state index contributed by atoms with van der Waals surface area (Å²) >= 11 is 0. The zero-order valence-electron chi connectivity index (χ0n) is 16.2. The van der Waals surface area contributed by atoms with Gasteiger partial charge in [-0.2, -0.15) is 0 Å². The van der Waals surface area contributed by atoms with Gasteiger partial charge in [0.25, 0.3) is 0 Å². The van der Waals surface area contributed by atoms with Crippen LogP contribution in [-0.2, 0) is 14.8 Å². The van der Waals surface area contributed by atoms with Crippen LogP contribution >= 0.6 is 0 Å². The van der Waals surface area contributed by atoms with Gasteiger partial charge < -0.3 is 10.1 Å². The number of carbonyl (C=O) groups is 1. The monoisotopic (exact) mass is 408 g/mol. The maximum atomic E-state index is 13.0. The van der Waals surface area contributed by atoms with Crippen LogP contribution in [0, 0.1) is 5.82 Å². The number of nitrogens with one attached hydrogen (secondary N) is 1. The molecule has 1 amide bonds. The molecule has 0 saturated carbocycles. The highest BCUT2D eigenvalue weighted by Crippen LogP contribution is 2.22. The topological polar surface area (TPSA) is 75.7 Å². The summed E-state index contributed by atoms with van der Waals surface area (Å²) in [5, 5.41) is 2.74. The zero-order valence-corrected chi connectivity index (χ0v) is 17.0. The zero-order chi connectivity index (χ0) is 20.7. The molecule has 6 nitrogen and oxygen atoms in total. The first-order chi connectivity index (χ1) is 13.2. The molecule has 0 spiro atoms. The summed E-state index contributed by atoms with van der Waals surface area (Å²) in [6.07, 6.45) is 1.91. The van der Waals surface area contributed by atoms with Crippen LogP contribution in [-0.4, -0.2) is 33.7 Å². The van der Waals surface area contributed by atoms with Crippen molar-refractivity contribution in [2.45, 2.75) is 26.3 Å². The van der Waals surface area contributed by atoms with Gasteiger partial charge in [0.2, 0.25) is 15.9 Å². The van der Waals surface area contributed by atoms with E-state index in [1.807, 2.05) is 6.92 Å². The molecule has 28 heavy (non-hydrogen) atoms. The van der Waals surface area contributed by atoms with Gasteiger partial charge in [0, 0.05) is 0 Å². The number of nitrogens with zero attached hydrogens (tertiary/aromatic N) is 1. The number of hydrogen-bond acceptors (Lipinski definition) is 4. The highest BCUT2D eigenvalue weighted by atomic mass is 32.2. The lowest BCUT2D eigenvalue weighted by Crippen LogP contribution is -2.41. The predicted molar refractivity (Wildman–Crippen MR) is 107 cm³/mol. The number of hydrogen-bond donors (Lipinski definition) is 1. The van der Waals surface area contributed by atoms with Crippen molar-refractivity contribution in [2.75, 3.05) is 23.7 Å². The Morgan fingerprint density at radius 2 is 1.75 bits per heavy atom. The Bertz CT molecular complexity index is 883. The van der Waals surface area contributed by atoms with Gasteiger partial charge in [-0.1, -0.05) is 19.1 Å². The number of halogens is 1. The summed E-state index contributed by atoms with van der Waals surface area (Å²) in [6, 6.07) is 11.9. The number of carbonyl (C=O) groups excluding carboxylic acids is 1. The van der Waals surface area contributed by atoms with Gasteiger partial charge in [-0.15, -0.1) is 0 Å². The van der Waals surface area contributed by atoms with E-state index in [0.29, 0.717) is 18.0 Å². The molecule has 2 rings (SSSR count). The molecule has 0 aliphatic rings. The van der Waals surface area contributed by atoms with E-state index in [1.54, 1.807) is 43.3 Å². The summed E-state index contributed by atoms with van der Waals surface area (Å²) < 4.78 is 43.9. The number of anilines is 1. The van der Waals surface area contributed by atoms with Crippen molar-refractivity contribution in [1.29, 1.82) is 0 Å². The fourth-order valence-electron chi connectivity index (χ4n) is 2.58. The van der Waals surface area contributed by atoms with Crippen LogP contribution in [0.5, 0.6) is 5.75 Å². The lowest BCUT2D eigenvalue weighted by molar-refractivity contribution is -0.120. The molecule has 2 aromatic carbocycles. The Balaban J connectivity index is 2.09. The Labute approximate surface area is 165 Å². The van der Waals surface area contributed by atoms with Crippen LogP contribution in [0.15, 0.2) is 48.5 Å². The third-order valence-corrected chi connectivity index (χ3v) is 5.17. The minimum Gasteiger partial charge on any atom is -0.494 e. The predicted octanol–water partition coefficient (Wildman–Crippen LogP) is 3.26. The molecule has 1 atom stereocenters. The summed E-state index contributed by atoms with van der Waals surface area (Å²) in [6.45, 7) is 3.94. The van der Waals surface area contributed by atoms with Crippen LogP contribution in [0.4, 0.5) is 10.1 Å². The van der Waals surface area contributed by atoms with Crippen molar-refractivity contribution in [1.82, 2.24) is 5.32 Å². The first kappa shape index (κ1) is 21.7. The molecule has 1 unspecified atom stereocenters. The normalized spacial score (nSPS) is 12.3. The smallest absolute Gasteiger partial charge is 0.241 e. The van der Waals surface area contributed by atoms with E-state index in [4.69, 9.17) is 4.74 Å². The third kappa shape index (κ3) is 6.23. The molecule has 0 fully saturated rings. The highest BCUT2D eigenvalue weighted by molar-refractivity contribution is 7.92. The lowest BCUT2D eigenvalue weighted by Gasteiger charge is -2.23. The second-order valence-corrected chi connectivity index (χ2v) is 8.36. The quantitative estimate of drug-likeness (QED) is 0.691. The van der Waals surface area contributed by atoms with Crippen LogP contribution in [0.2, 0.25) is 0 Å². The number of rotatable bonds is 9. The van der Waals surface area contributed by atoms with E-state index < -0.39 is 15.9 Å². The second kappa shape index (κ2) is 9.54. The molecular weight excluding hydrogens is 383 g/mol. The number of amides is 1. The van der Waals surface area contributed by atoms with Gasteiger partial charge >= 0.3 is 0 Å². The minimum absolute atomic E-state index is 0.362. The Hall–Kier alpha value is -2.61. The SMILES string of the molecule is CCCOc1ccc(N(CC(=O)NC(C)c2ccc(F)cc2)S(C)(=O)=O)cc1. The van der Waals surface area contributed by atoms with Crippen LogP contribution in [0.25, 0.3) is 0 Å². The molecule has 0 bridgehead atoms. The lowest BCUT2D eigenvalue weighted by atomic mass is 10.1. The first-order valence-corrected chi connectivity index (χ1v) is 10.8. The Kier molecular flexibility index (Phi) is 7.39. The first-order valence-electron chi connectivity index (χ1n) is 8.96. The van der Waals surface area contributed by atoms with Gasteiger partial charge in [0.15, 0.2) is 0 Å². The van der Waals surface area contributed by atoms with Crippen molar-refractivity contribution in [2.24, 2.45) is 0 Å². The van der Waals surface area contributed by atoms with Gasteiger partial charge in [0.05, 0.1) is 24.6 Å². The maximum Gasteiger partial charge on any atom is 0.241 e. The van der Waals surface area contributed by atoms with Crippen molar-refractivity contribution in [3.05, 3.63) is 59.9 Å². The summed E-state index contributed by atoms with van der Waals surface area (Å²) in [5.74, 6) is -0.195. The Morgan fingerprint density at radius 3 is 2.29 bits per heavy atom.